The van der Waals surface area contributed by atoms with Crippen LogP contribution >= 0.6 is 23.2 Å². The predicted octanol–water partition coefficient (Wildman–Crippen LogP) is 3.97. The molecule has 0 saturated heterocycles. The largest absolute Gasteiger partial charge is 0.378 e. The van der Waals surface area contributed by atoms with Crippen molar-refractivity contribution in [1.82, 2.24) is 4.72 Å². The van der Waals surface area contributed by atoms with E-state index in [0.717, 1.165) is 12.1 Å². The highest BCUT2D eigenvalue weighted by Crippen LogP contribution is 2.24. The van der Waals surface area contributed by atoms with E-state index in [-0.39, 0.29) is 9.92 Å². The van der Waals surface area contributed by atoms with Crippen LogP contribution in [-0.2, 0) is 16.4 Å². The van der Waals surface area contributed by atoms with Gasteiger partial charge in [-0.3, -0.25) is 0 Å². The first-order chi connectivity index (χ1) is 11.3. The molecule has 24 heavy (non-hydrogen) atoms. The molecule has 0 atom stereocenters. The van der Waals surface area contributed by atoms with Gasteiger partial charge in [-0.25, -0.2) is 13.1 Å². The van der Waals surface area contributed by atoms with Gasteiger partial charge < -0.3 is 4.90 Å². The Balaban J connectivity index is 1.90. The zero-order chi connectivity index (χ0) is 17.7. The molecule has 0 amide bonds. The lowest BCUT2D eigenvalue weighted by molar-refractivity contribution is 0.579. The third-order valence-corrected chi connectivity index (χ3v) is 5.75. The third kappa shape index (κ3) is 5.11. The van der Waals surface area contributed by atoms with E-state index in [1.165, 1.54) is 17.7 Å². The summed E-state index contributed by atoms with van der Waals surface area (Å²) in [5.41, 5.74) is 2.30. The summed E-state index contributed by atoms with van der Waals surface area (Å²) in [6.45, 7) is 0.334. The van der Waals surface area contributed by atoms with Crippen molar-refractivity contribution in [2.45, 2.75) is 17.7 Å². The molecule has 0 saturated carbocycles. The molecule has 2 aromatic carbocycles. The zero-order valence-corrected chi connectivity index (χ0v) is 15.9. The van der Waals surface area contributed by atoms with Crippen LogP contribution in [0.1, 0.15) is 12.0 Å². The Labute approximate surface area is 153 Å². The fourth-order valence-electron chi connectivity index (χ4n) is 2.22. The molecule has 0 aliphatic heterocycles. The SMILES string of the molecule is CN(C)c1ccc(CCCNS(=O)(=O)c2cc(Cl)ccc2Cl)cc1. The number of nitrogens with one attached hydrogen (secondary N) is 1. The fourth-order valence-corrected chi connectivity index (χ4v) is 4.06. The molecule has 130 valence electrons. The van der Waals surface area contributed by atoms with Gasteiger partial charge in [0.1, 0.15) is 4.90 Å². The van der Waals surface area contributed by atoms with Crippen molar-refractivity contribution in [2.24, 2.45) is 0 Å². The Morgan fingerprint density at radius 2 is 1.71 bits per heavy atom. The first-order valence-electron chi connectivity index (χ1n) is 7.50. The van der Waals surface area contributed by atoms with Gasteiger partial charge in [0.25, 0.3) is 0 Å². The monoisotopic (exact) mass is 386 g/mol. The van der Waals surface area contributed by atoms with Crippen molar-refractivity contribution < 1.29 is 8.42 Å². The smallest absolute Gasteiger partial charge is 0.242 e. The van der Waals surface area contributed by atoms with E-state index in [4.69, 9.17) is 23.2 Å². The Morgan fingerprint density at radius 3 is 2.33 bits per heavy atom. The maximum atomic E-state index is 12.3. The van der Waals surface area contributed by atoms with E-state index < -0.39 is 10.0 Å². The summed E-state index contributed by atoms with van der Waals surface area (Å²) in [5.74, 6) is 0. The number of hydrogen-bond acceptors (Lipinski definition) is 3. The van der Waals surface area contributed by atoms with Gasteiger partial charge in [0.05, 0.1) is 5.02 Å². The van der Waals surface area contributed by atoms with Crippen LogP contribution in [0.2, 0.25) is 10.0 Å². The summed E-state index contributed by atoms with van der Waals surface area (Å²) in [6.07, 6.45) is 1.48. The Bertz CT molecular complexity index is 791. The van der Waals surface area contributed by atoms with Crippen molar-refractivity contribution in [2.75, 3.05) is 25.5 Å². The van der Waals surface area contributed by atoms with Crippen molar-refractivity contribution >= 4 is 38.9 Å². The molecular weight excluding hydrogens is 367 g/mol. The summed E-state index contributed by atoms with van der Waals surface area (Å²) in [5, 5.41) is 0.493. The molecule has 0 fully saturated rings. The van der Waals surface area contributed by atoms with E-state index in [1.807, 2.05) is 31.1 Å². The number of anilines is 1. The molecule has 0 heterocycles. The normalized spacial score (nSPS) is 11.5. The first kappa shape index (κ1) is 19.1. The minimum atomic E-state index is -3.66. The standard InChI is InChI=1S/C17H20Cl2N2O2S/c1-21(2)15-8-5-13(6-9-15)4-3-11-20-24(22,23)17-12-14(18)7-10-16(17)19/h5-10,12,20H,3-4,11H2,1-2H3. The lowest BCUT2D eigenvalue weighted by Gasteiger charge is -2.12. The molecule has 0 aromatic heterocycles. The number of sulfonamides is 1. The van der Waals surface area contributed by atoms with Gasteiger partial charge in [-0.15, -0.1) is 0 Å². The summed E-state index contributed by atoms with van der Waals surface area (Å²) in [4.78, 5) is 2.04. The lowest BCUT2D eigenvalue weighted by Crippen LogP contribution is -2.25. The number of hydrogen-bond donors (Lipinski definition) is 1. The van der Waals surface area contributed by atoms with Crippen LogP contribution in [0.5, 0.6) is 0 Å². The molecule has 0 radical (unpaired) electrons. The van der Waals surface area contributed by atoms with Crippen molar-refractivity contribution in [3.05, 3.63) is 58.1 Å². The second kappa shape index (κ2) is 8.21. The average Bonchev–Trinajstić information content (AvgIpc) is 2.54. The maximum Gasteiger partial charge on any atom is 0.242 e. The van der Waals surface area contributed by atoms with Crippen molar-refractivity contribution in [3.63, 3.8) is 0 Å². The van der Waals surface area contributed by atoms with Gasteiger partial charge in [0, 0.05) is 31.4 Å². The van der Waals surface area contributed by atoms with Crippen LogP contribution in [0, 0.1) is 0 Å². The Hall–Kier alpha value is -1.27. The van der Waals surface area contributed by atoms with E-state index in [0.29, 0.717) is 18.0 Å². The number of nitrogens with zero attached hydrogens (tertiary/aromatic N) is 1. The fraction of sp³-hybridized carbons (Fsp3) is 0.294. The second-order valence-corrected chi connectivity index (χ2v) is 8.22. The molecule has 0 bridgehead atoms. The molecule has 1 N–H and O–H groups in total. The van der Waals surface area contributed by atoms with Crippen LogP contribution in [0.15, 0.2) is 47.4 Å². The van der Waals surface area contributed by atoms with Crippen molar-refractivity contribution in [1.29, 1.82) is 0 Å². The highest BCUT2D eigenvalue weighted by molar-refractivity contribution is 7.89. The average molecular weight is 387 g/mol. The highest BCUT2D eigenvalue weighted by Gasteiger charge is 2.17. The maximum absolute atomic E-state index is 12.3. The van der Waals surface area contributed by atoms with Gasteiger partial charge in [-0.05, 0) is 48.7 Å². The summed E-state index contributed by atoms with van der Waals surface area (Å²) < 4.78 is 27.1. The van der Waals surface area contributed by atoms with E-state index in [9.17, 15) is 8.42 Å². The van der Waals surface area contributed by atoms with Crippen LogP contribution in [-0.4, -0.2) is 29.1 Å². The molecule has 7 heteroatoms. The van der Waals surface area contributed by atoms with Gasteiger partial charge in [0.15, 0.2) is 0 Å². The van der Waals surface area contributed by atoms with Gasteiger partial charge >= 0.3 is 0 Å². The minimum Gasteiger partial charge on any atom is -0.378 e. The van der Waals surface area contributed by atoms with Gasteiger partial charge in [-0.1, -0.05) is 35.3 Å². The zero-order valence-electron chi connectivity index (χ0n) is 13.6. The summed E-state index contributed by atoms with van der Waals surface area (Å²) in [7, 11) is 0.323. The quantitative estimate of drug-likeness (QED) is 0.732. The lowest BCUT2D eigenvalue weighted by atomic mass is 10.1. The summed E-state index contributed by atoms with van der Waals surface area (Å²) in [6, 6.07) is 12.6. The number of aryl methyl sites for hydroxylation is 1. The molecule has 4 nitrogen and oxygen atoms in total. The number of benzene rings is 2. The Kier molecular flexibility index (Phi) is 6.52. The van der Waals surface area contributed by atoms with E-state index in [1.54, 1.807) is 6.07 Å². The molecule has 0 aliphatic carbocycles. The Morgan fingerprint density at radius 1 is 1.04 bits per heavy atom. The topological polar surface area (TPSA) is 49.4 Å². The minimum absolute atomic E-state index is 0.00648. The first-order valence-corrected chi connectivity index (χ1v) is 9.74. The highest BCUT2D eigenvalue weighted by atomic mass is 35.5. The molecule has 0 spiro atoms. The van der Waals surface area contributed by atoms with Crippen LogP contribution in [0.3, 0.4) is 0 Å². The van der Waals surface area contributed by atoms with E-state index >= 15 is 0 Å². The molecule has 0 aliphatic rings. The molecule has 2 rings (SSSR count). The van der Waals surface area contributed by atoms with Crippen LogP contribution < -0.4 is 9.62 Å². The van der Waals surface area contributed by atoms with Crippen LogP contribution in [0.4, 0.5) is 5.69 Å². The predicted molar refractivity (Wildman–Crippen MR) is 101 cm³/mol. The number of rotatable bonds is 7. The van der Waals surface area contributed by atoms with Gasteiger partial charge in [0.2, 0.25) is 10.0 Å². The van der Waals surface area contributed by atoms with Crippen molar-refractivity contribution in [3.8, 4) is 0 Å². The molecular formula is C17H20Cl2N2O2S. The van der Waals surface area contributed by atoms with E-state index in [2.05, 4.69) is 16.9 Å². The third-order valence-electron chi connectivity index (χ3n) is 3.57. The molecule has 0 unspecified atom stereocenters. The number of halogens is 2. The van der Waals surface area contributed by atoms with Crippen LogP contribution in [0.25, 0.3) is 0 Å². The molecule has 2 aromatic rings. The second-order valence-electron chi connectivity index (χ2n) is 5.64. The summed E-state index contributed by atoms with van der Waals surface area (Å²) >= 11 is 11.8. The van der Waals surface area contributed by atoms with Gasteiger partial charge in [-0.2, -0.15) is 0 Å².